The van der Waals surface area contributed by atoms with Crippen molar-refractivity contribution < 1.29 is 17.9 Å². The van der Waals surface area contributed by atoms with Crippen molar-refractivity contribution in [3.8, 4) is 0 Å². The molecule has 0 bridgehead atoms. The van der Waals surface area contributed by atoms with Gasteiger partial charge in [0.25, 0.3) is 0 Å². The summed E-state index contributed by atoms with van der Waals surface area (Å²) in [5.74, 6) is 1.68. The van der Waals surface area contributed by atoms with Crippen molar-refractivity contribution in [3.63, 3.8) is 0 Å². The number of nitrogens with zero attached hydrogens (tertiary/aromatic N) is 2. The van der Waals surface area contributed by atoms with Crippen LogP contribution in [0.2, 0.25) is 0 Å². The van der Waals surface area contributed by atoms with Gasteiger partial charge in [-0.15, -0.1) is 0 Å². The number of rotatable bonds is 5. The molecule has 1 saturated heterocycles. The van der Waals surface area contributed by atoms with Gasteiger partial charge in [-0.25, -0.2) is 8.42 Å². The average Bonchev–Trinajstić information content (AvgIpc) is 2.80. The second-order valence-electron chi connectivity index (χ2n) is 6.63. The van der Waals surface area contributed by atoms with Gasteiger partial charge in [0.05, 0.1) is 24.9 Å². The minimum absolute atomic E-state index is 0.215. The highest BCUT2D eigenvalue weighted by molar-refractivity contribution is 7.88. The summed E-state index contributed by atoms with van der Waals surface area (Å²) in [4.78, 5) is 2.26. The minimum Gasteiger partial charge on any atom is -0.463 e. The molecule has 1 N–H and O–H groups in total. The van der Waals surface area contributed by atoms with E-state index in [2.05, 4.69) is 11.8 Å². The van der Waals surface area contributed by atoms with Crippen molar-refractivity contribution in [1.29, 1.82) is 0 Å². The lowest BCUT2D eigenvalue weighted by Crippen LogP contribution is -2.48. The van der Waals surface area contributed by atoms with Gasteiger partial charge in [-0.05, 0) is 31.4 Å². The molecule has 1 aromatic heterocycles. The van der Waals surface area contributed by atoms with Crippen LogP contribution in [0.4, 0.5) is 0 Å². The molecule has 2 rings (SSSR count). The van der Waals surface area contributed by atoms with Gasteiger partial charge in [0.15, 0.2) is 0 Å². The average molecular weight is 330 g/mol. The molecule has 126 valence electrons. The van der Waals surface area contributed by atoms with Crippen molar-refractivity contribution in [2.24, 2.45) is 5.92 Å². The van der Waals surface area contributed by atoms with Crippen molar-refractivity contribution in [2.75, 3.05) is 26.4 Å². The monoisotopic (exact) mass is 330 g/mol. The molecule has 1 aromatic rings. The summed E-state index contributed by atoms with van der Waals surface area (Å²) in [5.41, 5.74) is -0.594. The molecule has 0 amide bonds. The summed E-state index contributed by atoms with van der Waals surface area (Å²) < 4.78 is 29.8. The summed E-state index contributed by atoms with van der Waals surface area (Å²) in [6.45, 7) is 6.53. The molecule has 0 aliphatic carbocycles. The van der Waals surface area contributed by atoms with Crippen LogP contribution in [0.25, 0.3) is 0 Å². The van der Waals surface area contributed by atoms with Crippen molar-refractivity contribution >= 4 is 10.0 Å². The highest BCUT2D eigenvalue weighted by Gasteiger charge is 2.34. The zero-order valence-corrected chi connectivity index (χ0v) is 14.6. The number of hydrogen-bond acceptors (Lipinski definition) is 5. The highest BCUT2D eigenvalue weighted by Crippen LogP contribution is 2.28. The summed E-state index contributed by atoms with van der Waals surface area (Å²) in [6, 6.07) is 3.71. The fourth-order valence-electron chi connectivity index (χ4n) is 2.60. The Labute approximate surface area is 132 Å². The predicted molar refractivity (Wildman–Crippen MR) is 84.7 cm³/mol. The Kier molecular flexibility index (Phi) is 5.01. The fourth-order valence-corrected chi connectivity index (χ4v) is 2.96. The summed E-state index contributed by atoms with van der Waals surface area (Å²) in [7, 11) is -1.67. The Morgan fingerprint density at radius 2 is 2.09 bits per heavy atom. The maximum Gasteiger partial charge on any atom is 0.211 e. The first-order valence-electron chi connectivity index (χ1n) is 7.51. The van der Waals surface area contributed by atoms with Crippen LogP contribution in [0.15, 0.2) is 16.5 Å². The Bertz CT molecular complexity index is 609. The Balaban J connectivity index is 1.93. The first-order valence-corrected chi connectivity index (χ1v) is 9.36. The van der Waals surface area contributed by atoms with Crippen LogP contribution in [-0.2, 0) is 23.1 Å². The molecule has 6 nitrogen and oxygen atoms in total. The molecule has 0 saturated carbocycles. The van der Waals surface area contributed by atoms with Gasteiger partial charge < -0.3 is 9.52 Å². The van der Waals surface area contributed by atoms with Crippen LogP contribution in [-0.4, -0.2) is 54.7 Å². The quantitative estimate of drug-likeness (QED) is 0.880. The number of hydrogen-bond donors (Lipinski definition) is 1. The summed E-state index contributed by atoms with van der Waals surface area (Å²) in [5, 5.41) is 10.2. The smallest absolute Gasteiger partial charge is 0.211 e. The Morgan fingerprint density at radius 3 is 2.68 bits per heavy atom. The lowest BCUT2D eigenvalue weighted by molar-refractivity contribution is -0.0535. The molecule has 2 heterocycles. The van der Waals surface area contributed by atoms with Gasteiger partial charge in [0.2, 0.25) is 10.0 Å². The van der Waals surface area contributed by atoms with E-state index >= 15 is 0 Å². The number of aliphatic hydroxyl groups is 1. The number of likely N-dealkylation sites (tertiary alicyclic amines) is 1. The van der Waals surface area contributed by atoms with E-state index in [-0.39, 0.29) is 12.5 Å². The van der Waals surface area contributed by atoms with Crippen LogP contribution in [0.3, 0.4) is 0 Å². The third-order valence-corrected chi connectivity index (χ3v) is 5.83. The standard InChI is InChI=1S/C15H26N2O4S/c1-12-9-17(8-7-15(12,2)18)11-14-6-5-13(21-14)10-16(3)22(4,19)20/h5-6,12,18H,7-11H2,1-4H3. The molecular formula is C15H26N2O4S. The van der Waals surface area contributed by atoms with E-state index in [1.807, 2.05) is 19.1 Å². The first kappa shape index (κ1) is 17.5. The normalized spacial score (nSPS) is 27.5. The maximum atomic E-state index is 11.4. The van der Waals surface area contributed by atoms with E-state index in [4.69, 9.17) is 4.42 Å². The summed E-state index contributed by atoms with van der Waals surface area (Å²) in [6.07, 6.45) is 1.93. The third kappa shape index (κ3) is 4.32. The molecular weight excluding hydrogens is 304 g/mol. The zero-order chi connectivity index (χ0) is 16.5. The van der Waals surface area contributed by atoms with Crippen molar-refractivity contribution in [1.82, 2.24) is 9.21 Å². The molecule has 2 atom stereocenters. The minimum atomic E-state index is -3.20. The van der Waals surface area contributed by atoms with E-state index < -0.39 is 15.6 Å². The summed E-state index contributed by atoms with van der Waals surface area (Å²) >= 11 is 0. The second kappa shape index (κ2) is 6.31. The van der Waals surface area contributed by atoms with Crippen LogP contribution in [0.1, 0.15) is 31.8 Å². The molecule has 1 aliphatic heterocycles. The molecule has 0 spiro atoms. The second-order valence-corrected chi connectivity index (χ2v) is 8.72. The molecule has 7 heteroatoms. The third-order valence-electron chi connectivity index (χ3n) is 4.57. The predicted octanol–water partition coefficient (Wildman–Crippen LogP) is 1.26. The van der Waals surface area contributed by atoms with Crippen molar-refractivity contribution in [2.45, 2.75) is 39.0 Å². The van der Waals surface area contributed by atoms with Gasteiger partial charge in [-0.1, -0.05) is 6.92 Å². The highest BCUT2D eigenvalue weighted by atomic mass is 32.2. The number of furan rings is 1. The maximum absolute atomic E-state index is 11.4. The Morgan fingerprint density at radius 1 is 1.45 bits per heavy atom. The number of piperidine rings is 1. The van der Waals surface area contributed by atoms with Gasteiger partial charge in [-0.2, -0.15) is 4.31 Å². The van der Waals surface area contributed by atoms with Gasteiger partial charge in [-0.3, -0.25) is 4.90 Å². The van der Waals surface area contributed by atoms with Crippen molar-refractivity contribution in [3.05, 3.63) is 23.7 Å². The Hall–Kier alpha value is -0.890. The molecule has 0 aromatic carbocycles. The lowest BCUT2D eigenvalue weighted by Gasteiger charge is -2.40. The van der Waals surface area contributed by atoms with Gasteiger partial charge in [0, 0.05) is 20.1 Å². The van der Waals surface area contributed by atoms with E-state index in [0.29, 0.717) is 12.3 Å². The molecule has 0 radical (unpaired) electrons. The van der Waals surface area contributed by atoms with Crippen LogP contribution < -0.4 is 0 Å². The topological polar surface area (TPSA) is 74.0 Å². The lowest BCUT2D eigenvalue weighted by atomic mass is 9.84. The van der Waals surface area contributed by atoms with E-state index in [1.165, 1.54) is 17.6 Å². The molecule has 1 fully saturated rings. The SMILES string of the molecule is CC1CN(Cc2ccc(CN(C)S(C)(=O)=O)o2)CCC1(C)O. The number of sulfonamides is 1. The fraction of sp³-hybridized carbons (Fsp3) is 0.733. The van der Waals surface area contributed by atoms with E-state index in [9.17, 15) is 13.5 Å². The van der Waals surface area contributed by atoms with Crippen LogP contribution >= 0.6 is 0 Å². The van der Waals surface area contributed by atoms with E-state index in [1.54, 1.807) is 0 Å². The molecule has 22 heavy (non-hydrogen) atoms. The first-order chi connectivity index (χ1) is 10.1. The molecule has 2 unspecified atom stereocenters. The molecule has 1 aliphatic rings. The van der Waals surface area contributed by atoms with E-state index in [0.717, 1.165) is 25.3 Å². The zero-order valence-electron chi connectivity index (χ0n) is 13.7. The largest absolute Gasteiger partial charge is 0.463 e. The van der Waals surface area contributed by atoms with Gasteiger partial charge >= 0.3 is 0 Å². The van der Waals surface area contributed by atoms with Crippen LogP contribution in [0.5, 0.6) is 0 Å². The van der Waals surface area contributed by atoms with Gasteiger partial charge in [0.1, 0.15) is 11.5 Å². The van der Waals surface area contributed by atoms with Crippen LogP contribution in [0, 0.1) is 5.92 Å².